The molecule has 16 heavy (non-hydrogen) atoms. The minimum Gasteiger partial charge on any atom is -0.484 e. The predicted octanol–water partition coefficient (Wildman–Crippen LogP) is 2.51. The van der Waals surface area contributed by atoms with Crippen molar-refractivity contribution in [3.05, 3.63) is 17.5 Å². The molecule has 0 aromatic carbocycles. The van der Waals surface area contributed by atoms with E-state index in [0.717, 1.165) is 36.4 Å². The zero-order valence-electron chi connectivity index (χ0n) is 9.90. The Morgan fingerprint density at radius 2 is 2.38 bits per heavy atom. The first kappa shape index (κ1) is 11.2. The number of hydrogen-bond acceptors (Lipinski definition) is 4. The van der Waals surface area contributed by atoms with Crippen molar-refractivity contribution in [2.24, 2.45) is 4.99 Å². The van der Waals surface area contributed by atoms with E-state index < -0.39 is 0 Å². The highest BCUT2D eigenvalue weighted by Gasteiger charge is 2.16. The second-order valence-electron chi connectivity index (χ2n) is 4.26. The van der Waals surface area contributed by atoms with Gasteiger partial charge in [-0.1, -0.05) is 11.6 Å². The van der Waals surface area contributed by atoms with Crippen molar-refractivity contribution in [2.75, 3.05) is 7.11 Å². The van der Waals surface area contributed by atoms with E-state index in [1.807, 2.05) is 6.92 Å². The Labute approximate surface area is 95.7 Å². The Hall–Kier alpha value is -1.32. The molecular formula is C12H18N2O2. The van der Waals surface area contributed by atoms with Gasteiger partial charge < -0.3 is 9.26 Å². The van der Waals surface area contributed by atoms with E-state index in [4.69, 9.17) is 9.26 Å². The molecule has 88 valence electrons. The summed E-state index contributed by atoms with van der Waals surface area (Å²) >= 11 is 0. The van der Waals surface area contributed by atoms with Crippen LogP contribution < -0.4 is 0 Å². The third-order valence-electron chi connectivity index (χ3n) is 3.05. The average Bonchev–Trinajstić information content (AvgIpc) is 2.55. The fraction of sp³-hybridized carbons (Fsp3) is 0.667. The first-order valence-electron chi connectivity index (χ1n) is 5.80. The molecule has 2 rings (SSSR count). The molecule has 0 saturated carbocycles. The van der Waals surface area contributed by atoms with Crippen LogP contribution in [-0.2, 0) is 11.2 Å². The predicted molar refractivity (Wildman–Crippen MR) is 61.6 cm³/mol. The summed E-state index contributed by atoms with van der Waals surface area (Å²) in [5, 5.41) is 3.89. The minimum absolute atomic E-state index is 0.315. The van der Waals surface area contributed by atoms with Gasteiger partial charge in [-0.2, -0.15) is 0 Å². The molecule has 0 radical (unpaired) electrons. The van der Waals surface area contributed by atoms with E-state index >= 15 is 0 Å². The van der Waals surface area contributed by atoms with Crippen molar-refractivity contribution in [1.82, 2.24) is 5.16 Å². The molecule has 2 heterocycles. The van der Waals surface area contributed by atoms with Gasteiger partial charge in [0.2, 0.25) is 0 Å². The van der Waals surface area contributed by atoms with Crippen LogP contribution in [0.5, 0.6) is 0 Å². The lowest BCUT2D eigenvalue weighted by Gasteiger charge is -2.09. The van der Waals surface area contributed by atoms with Crippen molar-refractivity contribution in [2.45, 2.75) is 45.1 Å². The van der Waals surface area contributed by atoms with E-state index in [9.17, 15) is 0 Å². The van der Waals surface area contributed by atoms with Gasteiger partial charge in [0, 0.05) is 12.0 Å². The van der Waals surface area contributed by atoms with Crippen LogP contribution in [0.2, 0.25) is 0 Å². The van der Waals surface area contributed by atoms with Crippen LogP contribution in [-0.4, -0.2) is 24.2 Å². The van der Waals surface area contributed by atoms with Crippen LogP contribution in [0.1, 0.15) is 36.9 Å². The van der Waals surface area contributed by atoms with Crippen LogP contribution in [0.15, 0.2) is 15.8 Å². The molecule has 4 nitrogen and oxygen atoms in total. The summed E-state index contributed by atoms with van der Waals surface area (Å²) in [5.41, 5.74) is 2.13. The van der Waals surface area contributed by atoms with E-state index in [1.54, 1.807) is 13.4 Å². The highest BCUT2D eigenvalue weighted by atomic mass is 16.5. The van der Waals surface area contributed by atoms with Gasteiger partial charge >= 0.3 is 0 Å². The van der Waals surface area contributed by atoms with E-state index in [2.05, 4.69) is 10.1 Å². The highest BCUT2D eigenvalue weighted by molar-refractivity contribution is 5.76. The molecule has 1 aromatic rings. The first-order chi connectivity index (χ1) is 7.79. The van der Waals surface area contributed by atoms with Crippen molar-refractivity contribution < 1.29 is 9.26 Å². The number of aliphatic imine (C=N–C) groups is 1. The number of hydrogen-bond donors (Lipinski definition) is 0. The molecule has 0 spiro atoms. The van der Waals surface area contributed by atoms with Gasteiger partial charge in [0.05, 0.1) is 18.8 Å². The van der Waals surface area contributed by atoms with Gasteiger partial charge in [0.15, 0.2) is 5.90 Å². The van der Waals surface area contributed by atoms with Gasteiger partial charge in [-0.3, -0.25) is 4.99 Å². The van der Waals surface area contributed by atoms with Crippen molar-refractivity contribution in [3.63, 3.8) is 0 Å². The third kappa shape index (κ3) is 2.62. The number of aromatic nitrogens is 1. The van der Waals surface area contributed by atoms with Crippen molar-refractivity contribution in [1.29, 1.82) is 0 Å². The van der Waals surface area contributed by atoms with Crippen molar-refractivity contribution >= 4 is 5.90 Å². The van der Waals surface area contributed by atoms with Crippen molar-refractivity contribution in [3.8, 4) is 0 Å². The summed E-state index contributed by atoms with van der Waals surface area (Å²) in [6, 6.07) is 0.315. The molecule has 0 aliphatic carbocycles. The molecule has 0 saturated heterocycles. The molecule has 0 amide bonds. The maximum atomic E-state index is 5.26. The van der Waals surface area contributed by atoms with Crippen LogP contribution in [0.4, 0.5) is 0 Å². The molecule has 1 aliphatic heterocycles. The Balaban J connectivity index is 2.05. The fourth-order valence-electron chi connectivity index (χ4n) is 2.05. The average molecular weight is 222 g/mol. The van der Waals surface area contributed by atoms with Crippen LogP contribution >= 0.6 is 0 Å². The smallest absolute Gasteiger partial charge is 0.183 e. The molecule has 1 unspecified atom stereocenters. The lowest BCUT2D eigenvalue weighted by Crippen LogP contribution is -2.11. The highest BCUT2D eigenvalue weighted by Crippen LogP contribution is 2.19. The van der Waals surface area contributed by atoms with Gasteiger partial charge in [-0.05, 0) is 26.2 Å². The molecule has 0 N–H and O–H groups in total. The van der Waals surface area contributed by atoms with Crippen LogP contribution in [0, 0.1) is 6.92 Å². The van der Waals surface area contributed by atoms with E-state index in [0.29, 0.717) is 6.04 Å². The lowest BCUT2D eigenvalue weighted by atomic mass is 10.0. The van der Waals surface area contributed by atoms with Gasteiger partial charge in [-0.25, -0.2) is 0 Å². The Morgan fingerprint density at radius 3 is 3.06 bits per heavy atom. The number of aryl methyl sites for hydroxylation is 1. The summed E-state index contributed by atoms with van der Waals surface area (Å²) in [6.07, 6.45) is 7.11. The number of methoxy groups -OCH3 is 1. The monoisotopic (exact) mass is 222 g/mol. The summed E-state index contributed by atoms with van der Waals surface area (Å²) in [6.45, 7) is 1.97. The number of rotatable bonds is 2. The zero-order valence-corrected chi connectivity index (χ0v) is 9.90. The van der Waals surface area contributed by atoms with Gasteiger partial charge in [-0.15, -0.1) is 0 Å². The second kappa shape index (κ2) is 5.14. The van der Waals surface area contributed by atoms with Gasteiger partial charge in [0.1, 0.15) is 6.26 Å². The van der Waals surface area contributed by atoms with Gasteiger partial charge in [0.25, 0.3) is 0 Å². The topological polar surface area (TPSA) is 47.6 Å². The van der Waals surface area contributed by atoms with E-state index in [-0.39, 0.29) is 0 Å². The third-order valence-corrected chi connectivity index (χ3v) is 3.05. The maximum Gasteiger partial charge on any atom is 0.183 e. The molecular weight excluding hydrogens is 204 g/mol. The van der Waals surface area contributed by atoms with Crippen LogP contribution in [0.25, 0.3) is 0 Å². The largest absolute Gasteiger partial charge is 0.484 e. The summed E-state index contributed by atoms with van der Waals surface area (Å²) in [4.78, 5) is 4.64. The number of ether oxygens (including phenoxy) is 1. The molecule has 0 fully saturated rings. The first-order valence-corrected chi connectivity index (χ1v) is 5.80. The van der Waals surface area contributed by atoms with Crippen LogP contribution in [0.3, 0.4) is 0 Å². The SMILES string of the molecule is COC1=NC(Cc2conc2C)CCCC1. The maximum absolute atomic E-state index is 5.26. The standard InChI is InChI=1S/C12H18N2O2/c1-9-10(8-16-14-9)7-11-5-3-4-6-12(13-11)15-2/h8,11H,3-7H2,1-2H3. The lowest BCUT2D eigenvalue weighted by molar-refractivity contribution is 0.386. The molecule has 4 heteroatoms. The minimum atomic E-state index is 0.315. The molecule has 1 aromatic heterocycles. The number of nitrogens with zero attached hydrogens (tertiary/aromatic N) is 2. The Morgan fingerprint density at radius 1 is 1.50 bits per heavy atom. The Kier molecular flexibility index (Phi) is 3.59. The quantitative estimate of drug-likeness (QED) is 0.772. The summed E-state index contributed by atoms with van der Waals surface area (Å²) in [7, 11) is 1.70. The summed E-state index contributed by atoms with van der Waals surface area (Å²) in [5.74, 6) is 0.886. The molecule has 1 atom stereocenters. The second-order valence-corrected chi connectivity index (χ2v) is 4.26. The van der Waals surface area contributed by atoms with E-state index in [1.165, 1.54) is 12.8 Å². The molecule has 1 aliphatic rings. The zero-order chi connectivity index (χ0) is 11.4. The molecule has 0 bridgehead atoms. The normalized spacial score (nSPS) is 21.4. The fourth-order valence-corrected chi connectivity index (χ4v) is 2.05. The Bertz CT molecular complexity index is 371. The summed E-state index contributed by atoms with van der Waals surface area (Å²) < 4.78 is 10.2.